The highest BCUT2D eigenvalue weighted by molar-refractivity contribution is 5.94. The van der Waals surface area contributed by atoms with Gasteiger partial charge in [-0.3, -0.25) is 19.5 Å². The molecule has 3 aromatic rings. The van der Waals surface area contributed by atoms with Crippen LogP contribution in [-0.2, 0) is 4.79 Å². The summed E-state index contributed by atoms with van der Waals surface area (Å²) in [6, 6.07) is 8.93. The molecule has 2 fully saturated rings. The summed E-state index contributed by atoms with van der Waals surface area (Å²) in [6.45, 7) is 2.83. The monoisotopic (exact) mass is 553 g/mol. The lowest BCUT2D eigenvalue weighted by molar-refractivity contribution is -0.129. The number of halogens is 2. The quantitative estimate of drug-likeness (QED) is 0.409. The molecule has 11 heteroatoms. The summed E-state index contributed by atoms with van der Waals surface area (Å²) in [5.41, 5.74) is 0.618. The van der Waals surface area contributed by atoms with Crippen molar-refractivity contribution in [1.82, 2.24) is 25.7 Å². The highest BCUT2D eigenvalue weighted by atomic mass is 19.1. The molecule has 3 heterocycles. The van der Waals surface area contributed by atoms with Crippen molar-refractivity contribution in [2.75, 3.05) is 13.1 Å². The van der Waals surface area contributed by atoms with Crippen molar-refractivity contribution in [1.29, 1.82) is 0 Å². The molecule has 9 nitrogen and oxygen atoms in total. The Kier molecular flexibility index (Phi) is 8.51. The summed E-state index contributed by atoms with van der Waals surface area (Å²) in [7, 11) is 0. The van der Waals surface area contributed by atoms with Crippen LogP contribution < -0.4 is 10.6 Å². The Morgan fingerprint density at radius 2 is 1.95 bits per heavy atom. The second-order valence-corrected chi connectivity index (χ2v) is 10.6. The molecule has 0 bridgehead atoms. The normalized spacial score (nSPS) is 24.3. The Bertz CT molecular complexity index is 1340. The van der Waals surface area contributed by atoms with Gasteiger partial charge in [0.05, 0.1) is 29.3 Å². The van der Waals surface area contributed by atoms with Gasteiger partial charge in [0.25, 0.3) is 5.91 Å². The Morgan fingerprint density at radius 3 is 2.70 bits per heavy atom. The lowest BCUT2D eigenvalue weighted by Gasteiger charge is -2.44. The average Bonchev–Trinajstić information content (AvgIpc) is 3.44. The van der Waals surface area contributed by atoms with E-state index in [9.17, 15) is 23.5 Å². The number of hydrogen-bond donors (Lipinski definition) is 3. The summed E-state index contributed by atoms with van der Waals surface area (Å²) < 4.78 is 32.7. The molecule has 1 saturated carbocycles. The van der Waals surface area contributed by atoms with E-state index < -0.39 is 35.6 Å². The minimum Gasteiger partial charge on any atom is -0.391 e. The van der Waals surface area contributed by atoms with Crippen molar-refractivity contribution in [3.63, 3.8) is 0 Å². The first kappa shape index (κ1) is 27.9. The summed E-state index contributed by atoms with van der Waals surface area (Å²) in [4.78, 5) is 33.2. The second kappa shape index (κ2) is 12.2. The lowest BCUT2D eigenvalue weighted by atomic mass is 9.85. The number of nitrogens with zero attached hydrogens (tertiary/aromatic N) is 3. The lowest BCUT2D eigenvalue weighted by Crippen LogP contribution is -2.59. The third kappa shape index (κ3) is 6.20. The van der Waals surface area contributed by atoms with Crippen LogP contribution in [0.15, 0.2) is 53.2 Å². The molecule has 40 heavy (non-hydrogen) atoms. The highest BCUT2D eigenvalue weighted by Gasteiger charge is 2.40. The molecule has 1 aliphatic heterocycles. The third-order valence-corrected chi connectivity index (χ3v) is 7.89. The maximum Gasteiger partial charge on any atom is 0.273 e. The van der Waals surface area contributed by atoms with Crippen LogP contribution in [0.2, 0.25) is 0 Å². The van der Waals surface area contributed by atoms with E-state index in [0.717, 1.165) is 43.5 Å². The average molecular weight is 554 g/mol. The molecule has 5 rings (SSSR count). The molecule has 212 valence electrons. The predicted molar refractivity (Wildman–Crippen MR) is 142 cm³/mol. The first-order valence-corrected chi connectivity index (χ1v) is 13.7. The fourth-order valence-corrected chi connectivity index (χ4v) is 5.70. The first-order valence-electron chi connectivity index (χ1n) is 13.7. The number of aliphatic hydroxyl groups excluding tert-OH is 1. The van der Waals surface area contributed by atoms with Gasteiger partial charge in [-0.25, -0.2) is 8.78 Å². The zero-order valence-corrected chi connectivity index (χ0v) is 22.2. The van der Waals surface area contributed by atoms with E-state index in [4.69, 9.17) is 4.52 Å². The minimum atomic E-state index is -0.834. The van der Waals surface area contributed by atoms with E-state index in [1.807, 2.05) is 19.1 Å². The first-order chi connectivity index (χ1) is 19.3. The predicted octanol–water partition coefficient (Wildman–Crippen LogP) is 3.62. The van der Waals surface area contributed by atoms with Gasteiger partial charge in [-0.2, -0.15) is 0 Å². The Labute approximate surface area is 231 Å². The number of carbonyl (C=O) groups is 2. The van der Waals surface area contributed by atoms with Crippen LogP contribution in [0.1, 0.15) is 61.3 Å². The number of pyridine rings is 1. The van der Waals surface area contributed by atoms with Crippen LogP contribution >= 0.6 is 0 Å². The molecule has 2 amide bonds. The summed E-state index contributed by atoms with van der Waals surface area (Å²) >= 11 is 0. The van der Waals surface area contributed by atoms with Crippen LogP contribution in [0.5, 0.6) is 0 Å². The summed E-state index contributed by atoms with van der Waals surface area (Å²) in [5.74, 6) is -2.97. The molecule has 0 unspecified atom stereocenters. The number of likely N-dealkylation sites (tertiary alicyclic amines) is 1. The molecule has 0 radical (unpaired) electrons. The van der Waals surface area contributed by atoms with E-state index in [2.05, 4.69) is 25.7 Å². The molecule has 0 spiro atoms. The van der Waals surface area contributed by atoms with Crippen molar-refractivity contribution in [2.45, 2.75) is 63.3 Å². The SMILES string of the molecule is C[C@@H](NC(=O)[C@@H]1CN([C@H]2CCCC[C@H]2O)CC[C@H]1NC(=O)c1cc(-c2ccc(F)cc2F)on1)c1ccccn1. The highest BCUT2D eigenvalue weighted by Crippen LogP contribution is 2.29. The van der Waals surface area contributed by atoms with Crippen molar-refractivity contribution in [3.8, 4) is 11.3 Å². The molecule has 1 aliphatic carbocycles. The number of rotatable bonds is 7. The van der Waals surface area contributed by atoms with E-state index >= 15 is 0 Å². The van der Waals surface area contributed by atoms with Gasteiger partial charge >= 0.3 is 0 Å². The van der Waals surface area contributed by atoms with Gasteiger partial charge in [-0.15, -0.1) is 0 Å². The van der Waals surface area contributed by atoms with Gasteiger partial charge in [0.1, 0.15) is 11.6 Å². The fraction of sp³-hybridized carbons (Fsp3) is 0.448. The van der Waals surface area contributed by atoms with E-state index in [-0.39, 0.29) is 35.0 Å². The number of piperidine rings is 1. The number of aromatic nitrogens is 2. The van der Waals surface area contributed by atoms with Gasteiger partial charge in [0.15, 0.2) is 11.5 Å². The number of carbonyl (C=O) groups excluding carboxylic acids is 2. The smallest absolute Gasteiger partial charge is 0.273 e. The maximum absolute atomic E-state index is 14.2. The Morgan fingerprint density at radius 1 is 1.12 bits per heavy atom. The number of nitrogens with one attached hydrogen (secondary N) is 2. The summed E-state index contributed by atoms with van der Waals surface area (Å²) in [6.07, 6.45) is 5.31. The maximum atomic E-state index is 14.2. The largest absolute Gasteiger partial charge is 0.391 e. The zero-order chi connectivity index (χ0) is 28.2. The van der Waals surface area contributed by atoms with Crippen LogP contribution in [0.25, 0.3) is 11.3 Å². The standard InChI is InChI=1S/C29H33F2N5O4/c1-17(22-6-4-5-12-32-22)33-28(38)20-16-36(25-7-2-3-8-26(25)37)13-11-23(20)34-29(39)24-15-27(40-35-24)19-10-9-18(30)14-21(19)31/h4-6,9-10,12,14-15,17,20,23,25-26,37H,2-3,7-8,11,13,16H2,1H3,(H,33,38)(H,34,39)/t17-,20-,23-,25+,26-/m1/s1. The van der Waals surface area contributed by atoms with Crippen molar-refractivity contribution >= 4 is 11.8 Å². The zero-order valence-electron chi connectivity index (χ0n) is 22.2. The topological polar surface area (TPSA) is 121 Å². The van der Waals surface area contributed by atoms with E-state index in [1.54, 1.807) is 12.3 Å². The van der Waals surface area contributed by atoms with Crippen molar-refractivity contribution in [3.05, 3.63) is 71.7 Å². The van der Waals surface area contributed by atoms with Gasteiger partial charge in [-0.05, 0) is 50.5 Å². The number of hydrogen-bond acceptors (Lipinski definition) is 7. The van der Waals surface area contributed by atoms with Gasteiger partial charge in [-0.1, -0.05) is 24.1 Å². The van der Waals surface area contributed by atoms with E-state index in [0.29, 0.717) is 19.5 Å². The molecule has 5 atom stereocenters. The molecule has 1 saturated heterocycles. The second-order valence-electron chi connectivity index (χ2n) is 10.6. The van der Waals surface area contributed by atoms with E-state index in [1.165, 1.54) is 12.1 Å². The summed E-state index contributed by atoms with van der Waals surface area (Å²) in [5, 5.41) is 20.4. The molecular formula is C29H33F2N5O4. The third-order valence-electron chi connectivity index (χ3n) is 7.89. The van der Waals surface area contributed by atoms with Crippen LogP contribution in [0.3, 0.4) is 0 Å². The van der Waals surface area contributed by atoms with Crippen LogP contribution in [0, 0.1) is 17.6 Å². The molecule has 2 aromatic heterocycles. The minimum absolute atomic E-state index is 0.0118. The number of benzene rings is 1. The Balaban J connectivity index is 1.32. The van der Waals surface area contributed by atoms with Crippen molar-refractivity contribution < 1.29 is 28.0 Å². The van der Waals surface area contributed by atoms with Gasteiger partial charge in [0, 0.05) is 43.5 Å². The van der Waals surface area contributed by atoms with Crippen molar-refractivity contribution in [2.24, 2.45) is 5.92 Å². The number of aliphatic hydroxyl groups is 1. The van der Waals surface area contributed by atoms with Gasteiger partial charge < -0.3 is 20.3 Å². The number of amides is 2. The molecule has 2 aliphatic rings. The molecule has 1 aromatic carbocycles. The van der Waals surface area contributed by atoms with Crippen LogP contribution in [-0.4, -0.2) is 63.2 Å². The Hall–Kier alpha value is -3.70. The van der Waals surface area contributed by atoms with Crippen LogP contribution in [0.4, 0.5) is 8.78 Å². The fourth-order valence-electron chi connectivity index (χ4n) is 5.70. The molecule has 3 N–H and O–H groups in total. The molecular weight excluding hydrogens is 520 g/mol. The van der Waals surface area contributed by atoms with Gasteiger partial charge in [0.2, 0.25) is 5.91 Å².